The van der Waals surface area contributed by atoms with Crippen molar-refractivity contribution in [3.63, 3.8) is 0 Å². The Morgan fingerprint density at radius 2 is 2.24 bits per heavy atom. The van der Waals surface area contributed by atoms with Crippen LogP contribution in [0.1, 0.15) is 29.9 Å². The van der Waals surface area contributed by atoms with E-state index < -0.39 is 6.10 Å². The van der Waals surface area contributed by atoms with Gasteiger partial charge in [-0.3, -0.25) is 4.68 Å². The Bertz CT molecular complexity index is 776. The monoisotopic (exact) mass is 288 g/mol. The zero-order valence-electron chi connectivity index (χ0n) is 12.0. The van der Waals surface area contributed by atoms with Crippen molar-refractivity contribution in [3.8, 4) is 0 Å². The molecule has 4 nitrogen and oxygen atoms in total. The summed E-state index contributed by atoms with van der Waals surface area (Å²) in [5.74, 6) is 0.177. The van der Waals surface area contributed by atoms with Gasteiger partial charge in [0.25, 0.3) is 0 Å². The molecule has 3 rings (SSSR count). The molecule has 1 unspecified atom stereocenters. The molecule has 0 radical (unpaired) electrons. The minimum absolute atomic E-state index is 0.309. The first-order chi connectivity index (χ1) is 10.1. The zero-order chi connectivity index (χ0) is 15.0. The number of hydrogen-bond acceptors (Lipinski definition) is 3. The first-order valence-electron chi connectivity index (χ1n) is 6.96. The Morgan fingerprint density at radius 3 is 2.95 bits per heavy atom. The van der Waals surface area contributed by atoms with E-state index in [9.17, 15) is 9.50 Å². The molecule has 1 aromatic carbocycles. The van der Waals surface area contributed by atoms with Gasteiger partial charge in [-0.2, -0.15) is 5.10 Å². The van der Waals surface area contributed by atoms with Gasteiger partial charge >= 0.3 is 0 Å². The summed E-state index contributed by atoms with van der Waals surface area (Å²) in [6.45, 7) is 4.63. The van der Waals surface area contributed by atoms with E-state index in [1.54, 1.807) is 12.3 Å². The van der Waals surface area contributed by atoms with Gasteiger partial charge in [-0.1, -0.05) is 0 Å². The van der Waals surface area contributed by atoms with Crippen molar-refractivity contribution in [3.05, 3.63) is 53.3 Å². The van der Waals surface area contributed by atoms with Gasteiger partial charge in [0.05, 0.1) is 6.20 Å². The lowest BCUT2D eigenvalue weighted by Crippen LogP contribution is -2.01. The lowest BCUT2D eigenvalue weighted by molar-refractivity contribution is 0.151. The van der Waals surface area contributed by atoms with Crippen LogP contribution in [0, 0.1) is 12.7 Å². The Balaban J connectivity index is 1.90. The van der Waals surface area contributed by atoms with Crippen molar-refractivity contribution in [1.29, 1.82) is 0 Å². The first kappa shape index (κ1) is 13.8. The van der Waals surface area contributed by atoms with Crippen LogP contribution >= 0.6 is 0 Å². The highest BCUT2D eigenvalue weighted by atomic mass is 19.1. The fraction of sp³-hybridized carbons (Fsp3) is 0.312. The third-order valence-corrected chi connectivity index (χ3v) is 3.68. The first-order valence-corrected chi connectivity index (χ1v) is 6.96. The summed E-state index contributed by atoms with van der Waals surface area (Å²) >= 11 is 0. The van der Waals surface area contributed by atoms with Crippen LogP contribution in [-0.2, 0) is 13.0 Å². The van der Waals surface area contributed by atoms with Crippen molar-refractivity contribution in [1.82, 2.24) is 9.78 Å². The average Bonchev–Trinajstić information content (AvgIpc) is 3.04. The Morgan fingerprint density at radius 1 is 1.43 bits per heavy atom. The molecular formula is C16H17FN2O2. The minimum Gasteiger partial charge on any atom is -0.458 e. The maximum atomic E-state index is 13.3. The highest BCUT2D eigenvalue weighted by Crippen LogP contribution is 2.31. The summed E-state index contributed by atoms with van der Waals surface area (Å²) < 4.78 is 20.8. The van der Waals surface area contributed by atoms with Crippen molar-refractivity contribution >= 4 is 11.0 Å². The molecule has 2 aromatic heterocycles. The minimum atomic E-state index is -0.769. The van der Waals surface area contributed by atoms with Crippen molar-refractivity contribution in [2.24, 2.45) is 0 Å². The van der Waals surface area contributed by atoms with Gasteiger partial charge in [0, 0.05) is 30.1 Å². The fourth-order valence-electron chi connectivity index (χ4n) is 2.53. The molecule has 0 spiro atoms. The number of hydrogen-bond donors (Lipinski definition) is 1. The number of furan rings is 1. The van der Waals surface area contributed by atoms with Crippen molar-refractivity contribution < 1.29 is 13.9 Å². The lowest BCUT2D eigenvalue weighted by atomic mass is 10.1. The number of rotatable bonds is 4. The lowest BCUT2D eigenvalue weighted by Gasteiger charge is -2.07. The second-order valence-corrected chi connectivity index (χ2v) is 5.16. The number of aliphatic hydroxyl groups is 1. The number of fused-ring (bicyclic) bond motifs is 1. The molecule has 0 amide bonds. The summed E-state index contributed by atoms with van der Waals surface area (Å²) in [6, 6.07) is 4.37. The van der Waals surface area contributed by atoms with E-state index in [4.69, 9.17) is 4.42 Å². The van der Waals surface area contributed by atoms with Crippen molar-refractivity contribution in [2.45, 2.75) is 32.9 Å². The fourth-order valence-corrected chi connectivity index (χ4v) is 2.53. The van der Waals surface area contributed by atoms with Crippen molar-refractivity contribution in [2.75, 3.05) is 0 Å². The van der Waals surface area contributed by atoms with Gasteiger partial charge < -0.3 is 9.52 Å². The van der Waals surface area contributed by atoms with Gasteiger partial charge in [0.2, 0.25) is 0 Å². The molecular weight excluding hydrogens is 271 g/mol. The molecule has 0 aliphatic rings. The summed E-state index contributed by atoms with van der Waals surface area (Å²) in [5.41, 5.74) is 2.31. The van der Waals surface area contributed by atoms with Crippen LogP contribution in [0.2, 0.25) is 0 Å². The van der Waals surface area contributed by atoms with Crippen LogP contribution in [0.5, 0.6) is 0 Å². The molecule has 2 heterocycles. The van der Waals surface area contributed by atoms with Gasteiger partial charge in [-0.05, 0) is 37.6 Å². The average molecular weight is 288 g/mol. The summed E-state index contributed by atoms with van der Waals surface area (Å²) in [5, 5.41) is 15.3. The van der Waals surface area contributed by atoms with E-state index in [1.165, 1.54) is 12.1 Å². The van der Waals surface area contributed by atoms with Gasteiger partial charge in [-0.15, -0.1) is 0 Å². The van der Waals surface area contributed by atoms with Gasteiger partial charge in [-0.25, -0.2) is 4.39 Å². The van der Waals surface area contributed by atoms with Gasteiger partial charge in [0.15, 0.2) is 0 Å². The van der Waals surface area contributed by atoms with E-state index in [0.717, 1.165) is 17.7 Å². The molecule has 0 saturated carbocycles. The molecule has 0 aliphatic carbocycles. The zero-order valence-corrected chi connectivity index (χ0v) is 12.0. The molecule has 1 N–H and O–H groups in total. The van der Waals surface area contributed by atoms with Crippen LogP contribution in [-0.4, -0.2) is 14.9 Å². The number of aromatic nitrogens is 2. The van der Waals surface area contributed by atoms with E-state index >= 15 is 0 Å². The summed E-state index contributed by atoms with van der Waals surface area (Å²) in [7, 11) is 0. The summed E-state index contributed by atoms with van der Waals surface area (Å²) in [6.07, 6.45) is 3.30. The maximum Gasteiger partial charge on any atom is 0.137 e. The quantitative estimate of drug-likeness (QED) is 0.800. The van der Waals surface area contributed by atoms with Crippen LogP contribution < -0.4 is 0 Å². The number of nitrogens with zero attached hydrogens (tertiary/aromatic N) is 2. The number of aryl methyl sites for hydroxylation is 2. The standard InChI is InChI=1S/C16H17FN2O2/c1-3-19-9-11(8-18-19)6-14(20)16-10(2)13-7-12(17)4-5-15(13)21-16/h4-5,7-9,14,20H,3,6H2,1-2H3. The van der Waals surface area contributed by atoms with Crippen LogP contribution in [0.3, 0.4) is 0 Å². The molecule has 0 bridgehead atoms. The Kier molecular flexibility index (Phi) is 3.51. The smallest absolute Gasteiger partial charge is 0.137 e. The molecule has 3 aromatic rings. The maximum absolute atomic E-state index is 13.3. The third kappa shape index (κ3) is 2.56. The normalized spacial score (nSPS) is 13.0. The molecule has 110 valence electrons. The van der Waals surface area contributed by atoms with Crippen LogP contribution in [0.15, 0.2) is 35.0 Å². The Hall–Kier alpha value is -2.14. The van der Waals surface area contributed by atoms with E-state index in [1.807, 2.05) is 24.7 Å². The third-order valence-electron chi connectivity index (χ3n) is 3.68. The summed E-state index contributed by atoms with van der Waals surface area (Å²) in [4.78, 5) is 0. The number of aliphatic hydroxyl groups excluding tert-OH is 1. The molecule has 0 saturated heterocycles. The molecule has 0 aliphatic heterocycles. The number of halogens is 1. The van der Waals surface area contributed by atoms with Crippen LogP contribution in [0.4, 0.5) is 4.39 Å². The highest BCUT2D eigenvalue weighted by molar-refractivity contribution is 5.82. The molecule has 1 atom stereocenters. The largest absolute Gasteiger partial charge is 0.458 e. The molecule has 5 heteroatoms. The Labute approximate surface area is 121 Å². The number of benzene rings is 1. The predicted molar refractivity (Wildman–Crippen MR) is 77.5 cm³/mol. The van der Waals surface area contributed by atoms with Gasteiger partial charge in [0.1, 0.15) is 23.3 Å². The molecule has 21 heavy (non-hydrogen) atoms. The second kappa shape index (κ2) is 5.33. The predicted octanol–water partition coefficient (Wildman–Crippen LogP) is 3.37. The molecule has 0 fully saturated rings. The van der Waals surface area contributed by atoms with E-state index in [0.29, 0.717) is 23.2 Å². The van der Waals surface area contributed by atoms with Crippen LogP contribution in [0.25, 0.3) is 11.0 Å². The topological polar surface area (TPSA) is 51.2 Å². The SMILES string of the molecule is CCn1cc(CC(O)c2oc3ccc(F)cc3c2C)cn1. The van der Waals surface area contributed by atoms with E-state index in [2.05, 4.69) is 5.10 Å². The second-order valence-electron chi connectivity index (χ2n) is 5.16. The highest BCUT2D eigenvalue weighted by Gasteiger charge is 2.19. The van der Waals surface area contributed by atoms with E-state index in [-0.39, 0.29) is 5.82 Å².